The van der Waals surface area contributed by atoms with E-state index in [0.29, 0.717) is 17.8 Å². The molecule has 1 N–H and O–H groups in total. The number of nitrogens with zero attached hydrogens (tertiary/aromatic N) is 2. The van der Waals surface area contributed by atoms with Gasteiger partial charge in [-0.05, 0) is 25.1 Å². The van der Waals surface area contributed by atoms with Gasteiger partial charge >= 0.3 is 0 Å². The third kappa shape index (κ3) is 2.77. The molecule has 0 radical (unpaired) electrons. The molecule has 1 aromatic carbocycles. The highest BCUT2D eigenvalue weighted by molar-refractivity contribution is 6.09. The average molecular weight is 273 g/mol. The molecule has 2 rings (SSSR count). The van der Waals surface area contributed by atoms with Gasteiger partial charge in [0.15, 0.2) is 0 Å². The van der Waals surface area contributed by atoms with Crippen molar-refractivity contribution in [3.05, 3.63) is 54.1 Å². The molecule has 0 aliphatic carbocycles. The first-order chi connectivity index (χ1) is 9.65. The minimum absolute atomic E-state index is 0.247. The number of carbonyl (C=O) groups is 1. The molecule has 1 amide bonds. The molecule has 0 saturated heterocycles. The lowest BCUT2D eigenvalue weighted by molar-refractivity contribution is 0.0993. The van der Waals surface area contributed by atoms with Crippen molar-refractivity contribution in [1.29, 1.82) is 0 Å². The lowest BCUT2D eigenvalue weighted by atomic mass is 10.2. The number of pyridine rings is 1. The monoisotopic (exact) mass is 273 g/mol. The van der Waals surface area contributed by atoms with Crippen LogP contribution >= 0.6 is 0 Å². The Morgan fingerprint density at radius 3 is 2.80 bits per heavy atom. The summed E-state index contributed by atoms with van der Waals surface area (Å²) in [5, 5.41) is 3.07. The summed E-state index contributed by atoms with van der Waals surface area (Å²) in [5.74, 6) is -0.712. The largest absolute Gasteiger partial charge is 0.383 e. The number of carbonyl (C=O) groups excluding carboxylic acids is 1. The first-order valence-electron chi connectivity index (χ1n) is 6.35. The molecule has 20 heavy (non-hydrogen) atoms. The van der Waals surface area contributed by atoms with E-state index < -0.39 is 5.82 Å². The fourth-order valence-electron chi connectivity index (χ4n) is 1.93. The van der Waals surface area contributed by atoms with E-state index in [1.54, 1.807) is 43.7 Å². The summed E-state index contributed by atoms with van der Waals surface area (Å²) in [6.45, 7) is 2.61. The quantitative estimate of drug-likeness (QED) is 0.931. The Bertz CT molecular complexity index is 616. The van der Waals surface area contributed by atoms with Crippen LogP contribution in [0.1, 0.15) is 17.3 Å². The summed E-state index contributed by atoms with van der Waals surface area (Å²) >= 11 is 0. The minimum Gasteiger partial charge on any atom is -0.383 e. The fraction of sp³-hybridized carbons (Fsp3) is 0.200. The molecule has 2 aromatic rings. The zero-order valence-electron chi connectivity index (χ0n) is 11.4. The molecule has 0 spiro atoms. The van der Waals surface area contributed by atoms with Gasteiger partial charge in [-0.1, -0.05) is 12.1 Å². The maximum Gasteiger partial charge on any atom is 0.260 e. The van der Waals surface area contributed by atoms with Gasteiger partial charge in [0.2, 0.25) is 0 Å². The Balaban J connectivity index is 2.34. The maximum atomic E-state index is 13.7. The molecule has 0 aliphatic rings. The molecule has 104 valence electrons. The highest BCUT2D eigenvalue weighted by atomic mass is 19.1. The van der Waals surface area contributed by atoms with Crippen molar-refractivity contribution in [2.45, 2.75) is 6.92 Å². The number of nitrogens with one attached hydrogen (secondary N) is 1. The number of hydrogen-bond donors (Lipinski definition) is 1. The maximum absolute atomic E-state index is 13.7. The van der Waals surface area contributed by atoms with Crippen molar-refractivity contribution in [3.8, 4) is 0 Å². The lowest BCUT2D eigenvalue weighted by Gasteiger charge is -2.19. The third-order valence-corrected chi connectivity index (χ3v) is 2.94. The molecule has 1 heterocycles. The summed E-state index contributed by atoms with van der Waals surface area (Å²) in [5.41, 5.74) is 1.35. The number of halogens is 1. The number of anilines is 2. The lowest BCUT2D eigenvalue weighted by Crippen LogP contribution is -2.28. The Labute approximate surface area is 117 Å². The average Bonchev–Trinajstić information content (AvgIpc) is 2.47. The summed E-state index contributed by atoms with van der Waals surface area (Å²) in [7, 11) is 1.55. The molecule has 4 nitrogen and oxygen atoms in total. The molecule has 0 saturated carbocycles. The molecule has 0 bridgehead atoms. The van der Waals surface area contributed by atoms with E-state index >= 15 is 0 Å². The zero-order chi connectivity index (χ0) is 14.5. The Morgan fingerprint density at radius 2 is 2.10 bits per heavy atom. The van der Waals surface area contributed by atoms with Crippen LogP contribution in [0.15, 0.2) is 42.7 Å². The standard InChI is InChI=1S/C15H16FN3O/c1-3-18-13-10-17-9-8-11(13)15(20)19(2)14-7-5-4-6-12(14)16/h4-10,18H,3H2,1-2H3. The van der Waals surface area contributed by atoms with Crippen molar-refractivity contribution in [2.75, 3.05) is 23.8 Å². The molecular formula is C15H16FN3O. The van der Waals surface area contributed by atoms with Crippen LogP contribution in [0, 0.1) is 5.82 Å². The summed E-state index contributed by atoms with van der Waals surface area (Å²) in [6, 6.07) is 7.81. The van der Waals surface area contributed by atoms with Crippen molar-refractivity contribution >= 4 is 17.3 Å². The van der Waals surface area contributed by atoms with Gasteiger partial charge < -0.3 is 10.2 Å². The highest BCUT2D eigenvalue weighted by Crippen LogP contribution is 2.22. The molecule has 0 aliphatic heterocycles. The Hall–Kier alpha value is -2.43. The van der Waals surface area contributed by atoms with Gasteiger partial charge in [0.25, 0.3) is 5.91 Å². The van der Waals surface area contributed by atoms with Gasteiger partial charge in [-0.2, -0.15) is 0 Å². The topological polar surface area (TPSA) is 45.2 Å². The number of aromatic nitrogens is 1. The van der Waals surface area contributed by atoms with Crippen LogP contribution in [0.2, 0.25) is 0 Å². The fourth-order valence-corrected chi connectivity index (χ4v) is 1.93. The van der Waals surface area contributed by atoms with E-state index in [1.807, 2.05) is 6.92 Å². The second-order valence-electron chi connectivity index (χ2n) is 4.27. The first-order valence-corrected chi connectivity index (χ1v) is 6.35. The Kier molecular flexibility index (Phi) is 4.30. The second-order valence-corrected chi connectivity index (χ2v) is 4.27. The summed E-state index contributed by atoms with van der Waals surface area (Å²) in [4.78, 5) is 17.8. The number of rotatable bonds is 4. The van der Waals surface area contributed by atoms with Crippen LogP contribution in [0.25, 0.3) is 0 Å². The number of amides is 1. The van der Waals surface area contributed by atoms with Crippen molar-refractivity contribution < 1.29 is 9.18 Å². The van der Waals surface area contributed by atoms with Gasteiger partial charge in [-0.3, -0.25) is 9.78 Å². The summed E-state index contributed by atoms with van der Waals surface area (Å²) < 4.78 is 13.7. The highest BCUT2D eigenvalue weighted by Gasteiger charge is 2.19. The van der Waals surface area contributed by atoms with Crippen LogP contribution in [-0.4, -0.2) is 24.5 Å². The van der Waals surface area contributed by atoms with Crippen LogP contribution in [0.3, 0.4) is 0 Å². The molecule has 0 atom stereocenters. The number of para-hydroxylation sites is 1. The Morgan fingerprint density at radius 1 is 1.35 bits per heavy atom. The van der Waals surface area contributed by atoms with E-state index in [1.165, 1.54) is 11.0 Å². The predicted molar refractivity (Wildman–Crippen MR) is 77.5 cm³/mol. The smallest absolute Gasteiger partial charge is 0.260 e. The van der Waals surface area contributed by atoms with Crippen molar-refractivity contribution in [2.24, 2.45) is 0 Å². The predicted octanol–water partition coefficient (Wildman–Crippen LogP) is 2.93. The van der Waals surface area contributed by atoms with Gasteiger partial charge in [-0.25, -0.2) is 4.39 Å². The van der Waals surface area contributed by atoms with Gasteiger partial charge in [0, 0.05) is 19.8 Å². The molecular weight excluding hydrogens is 257 g/mol. The van der Waals surface area contributed by atoms with Crippen LogP contribution in [0.5, 0.6) is 0 Å². The minimum atomic E-state index is -0.428. The SMILES string of the molecule is CCNc1cnccc1C(=O)N(C)c1ccccc1F. The van der Waals surface area contributed by atoms with E-state index in [9.17, 15) is 9.18 Å². The molecule has 5 heteroatoms. The van der Waals surface area contributed by atoms with Crippen molar-refractivity contribution in [1.82, 2.24) is 4.98 Å². The van der Waals surface area contributed by atoms with E-state index in [4.69, 9.17) is 0 Å². The second kappa shape index (κ2) is 6.14. The van der Waals surface area contributed by atoms with Gasteiger partial charge in [0.1, 0.15) is 5.82 Å². The van der Waals surface area contributed by atoms with Crippen molar-refractivity contribution in [3.63, 3.8) is 0 Å². The normalized spacial score (nSPS) is 10.2. The number of hydrogen-bond acceptors (Lipinski definition) is 3. The zero-order valence-corrected chi connectivity index (χ0v) is 11.4. The molecule has 0 unspecified atom stereocenters. The third-order valence-electron chi connectivity index (χ3n) is 2.94. The number of benzene rings is 1. The molecule has 0 fully saturated rings. The van der Waals surface area contributed by atoms with Gasteiger partial charge in [0.05, 0.1) is 23.1 Å². The van der Waals surface area contributed by atoms with E-state index in [0.717, 1.165) is 0 Å². The van der Waals surface area contributed by atoms with Crippen LogP contribution in [-0.2, 0) is 0 Å². The van der Waals surface area contributed by atoms with Crippen LogP contribution < -0.4 is 10.2 Å². The first kappa shape index (κ1) is 14.0. The van der Waals surface area contributed by atoms with E-state index in [2.05, 4.69) is 10.3 Å². The molecule has 1 aromatic heterocycles. The van der Waals surface area contributed by atoms with Gasteiger partial charge in [-0.15, -0.1) is 0 Å². The summed E-state index contributed by atoms with van der Waals surface area (Å²) in [6.07, 6.45) is 3.13. The van der Waals surface area contributed by atoms with E-state index in [-0.39, 0.29) is 11.6 Å². The van der Waals surface area contributed by atoms with Crippen LogP contribution in [0.4, 0.5) is 15.8 Å².